The average molecular weight is 359 g/mol. The van der Waals surface area contributed by atoms with Gasteiger partial charge in [-0.25, -0.2) is 4.98 Å². The fourth-order valence-corrected chi connectivity index (χ4v) is 2.35. The second-order valence-corrected chi connectivity index (χ2v) is 5.50. The lowest BCUT2D eigenvalue weighted by molar-refractivity contribution is 0.0954. The minimum absolute atomic E-state index is 0.189. The molecule has 0 fully saturated rings. The van der Waals surface area contributed by atoms with Crippen LogP contribution in [-0.4, -0.2) is 49.7 Å². The zero-order valence-electron chi connectivity index (χ0n) is 15.5. The third kappa shape index (κ3) is 5.23. The van der Waals surface area contributed by atoms with Crippen LogP contribution in [0.1, 0.15) is 23.0 Å². The molecule has 3 N–H and O–H groups in total. The summed E-state index contributed by atoms with van der Waals surface area (Å²) >= 11 is 0. The van der Waals surface area contributed by atoms with Crippen molar-refractivity contribution in [2.24, 2.45) is 0 Å². The number of nitrogens with zero attached hydrogens (tertiary/aromatic N) is 2. The zero-order valence-corrected chi connectivity index (χ0v) is 15.5. The van der Waals surface area contributed by atoms with E-state index in [-0.39, 0.29) is 5.91 Å². The van der Waals surface area contributed by atoms with E-state index < -0.39 is 0 Å². The molecule has 2 aromatic rings. The lowest BCUT2D eigenvalue weighted by atomic mass is 10.2. The number of hydrogen-bond donors (Lipinski definition) is 3. The van der Waals surface area contributed by atoms with Crippen molar-refractivity contribution in [3.8, 4) is 11.5 Å². The largest absolute Gasteiger partial charge is 0.493 e. The summed E-state index contributed by atoms with van der Waals surface area (Å²) in [6.45, 7) is 5.65. The van der Waals surface area contributed by atoms with Gasteiger partial charge in [0.1, 0.15) is 5.82 Å². The third-order valence-corrected chi connectivity index (χ3v) is 3.55. The molecule has 0 unspecified atom stereocenters. The van der Waals surface area contributed by atoms with Crippen LogP contribution >= 0.6 is 0 Å². The Kier molecular flexibility index (Phi) is 7.02. The summed E-state index contributed by atoms with van der Waals surface area (Å²) in [5.41, 5.74) is 1.37. The van der Waals surface area contributed by atoms with Crippen LogP contribution in [-0.2, 0) is 0 Å². The van der Waals surface area contributed by atoms with Gasteiger partial charge in [-0.1, -0.05) is 0 Å². The summed E-state index contributed by atoms with van der Waals surface area (Å²) in [5, 5.41) is 9.11. The summed E-state index contributed by atoms with van der Waals surface area (Å²) in [5.74, 6) is 2.21. The molecule has 140 valence electrons. The first-order chi connectivity index (χ1) is 12.6. The number of aromatic nitrogens is 2. The number of rotatable bonds is 9. The van der Waals surface area contributed by atoms with Crippen molar-refractivity contribution in [1.82, 2.24) is 15.3 Å². The van der Waals surface area contributed by atoms with E-state index in [1.54, 1.807) is 25.3 Å². The second kappa shape index (κ2) is 9.45. The maximum Gasteiger partial charge on any atom is 0.251 e. The van der Waals surface area contributed by atoms with Gasteiger partial charge < -0.3 is 25.4 Å². The molecule has 8 nitrogen and oxygen atoms in total. The first-order valence-corrected chi connectivity index (χ1v) is 8.41. The molecule has 1 aromatic carbocycles. The molecule has 0 bridgehead atoms. The molecule has 0 aliphatic rings. The van der Waals surface area contributed by atoms with Crippen LogP contribution in [0.25, 0.3) is 0 Å². The predicted octanol–water partition coefficient (Wildman–Crippen LogP) is 2.08. The Bertz CT molecular complexity index is 752. The maximum absolute atomic E-state index is 12.2. The molecule has 0 saturated carbocycles. The van der Waals surface area contributed by atoms with E-state index in [0.29, 0.717) is 36.1 Å². The molecular formula is C18H25N5O3. The zero-order chi connectivity index (χ0) is 18.9. The van der Waals surface area contributed by atoms with E-state index in [9.17, 15) is 4.79 Å². The summed E-state index contributed by atoms with van der Waals surface area (Å²) in [6.07, 6.45) is 0. The van der Waals surface area contributed by atoms with Gasteiger partial charge in [-0.2, -0.15) is 4.98 Å². The van der Waals surface area contributed by atoms with Crippen LogP contribution in [0, 0.1) is 6.92 Å². The predicted molar refractivity (Wildman–Crippen MR) is 101 cm³/mol. The van der Waals surface area contributed by atoms with Gasteiger partial charge in [0.2, 0.25) is 5.95 Å². The maximum atomic E-state index is 12.2. The monoisotopic (exact) mass is 359 g/mol. The average Bonchev–Trinajstić information content (AvgIpc) is 2.64. The minimum atomic E-state index is -0.189. The number of aryl methyl sites for hydroxylation is 1. The number of carbonyl (C=O) groups is 1. The van der Waals surface area contributed by atoms with E-state index >= 15 is 0 Å². The van der Waals surface area contributed by atoms with Crippen LogP contribution in [0.5, 0.6) is 11.5 Å². The molecule has 1 aromatic heterocycles. The number of benzene rings is 1. The highest BCUT2D eigenvalue weighted by atomic mass is 16.5. The van der Waals surface area contributed by atoms with Gasteiger partial charge in [0.25, 0.3) is 5.91 Å². The van der Waals surface area contributed by atoms with Crippen molar-refractivity contribution in [2.45, 2.75) is 13.8 Å². The van der Waals surface area contributed by atoms with Crippen molar-refractivity contribution in [1.29, 1.82) is 0 Å². The van der Waals surface area contributed by atoms with Gasteiger partial charge in [-0.15, -0.1) is 0 Å². The number of amides is 1. The smallest absolute Gasteiger partial charge is 0.251 e. The van der Waals surface area contributed by atoms with Gasteiger partial charge in [0, 0.05) is 37.0 Å². The molecule has 0 aliphatic heterocycles. The lowest BCUT2D eigenvalue weighted by Gasteiger charge is -2.11. The Morgan fingerprint density at radius 2 is 1.81 bits per heavy atom. The fourth-order valence-electron chi connectivity index (χ4n) is 2.35. The minimum Gasteiger partial charge on any atom is -0.493 e. The number of methoxy groups -OCH3 is 2. The first kappa shape index (κ1) is 19.3. The third-order valence-electron chi connectivity index (χ3n) is 3.55. The number of carbonyl (C=O) groups excluding carboxylic acids is 1. The SMILES string of the molecule is CCNc1cc(C)nc(NCCNC(=O)c2ccc(OC)c(OC)c2)n1. The molecule has 0 spiro atoms. The molecule has 0 atom stereocenters. The van der Waals surface area contributed by atoms with Crippen molar-refractivity contribution >= 4 is 17.7 Å². The normalized spacial score (nSPS) is 10.2. The van der Waals surface area contributed by atoms with Crippen molar-refractivity contribution in [3.05, 3.63) is 35.5 Å². The highest BCUT2D eigenvalue weighted by molar-refractivity contribution is 5.94. The van der Waals surface area contributed by atoms with Gasteiger partial charge in [0.05, 0.1) is 14.2 Å². The Labute approximate surface area is 153 Å². The van der Waals surface area contributed by atoms with Crippen molar-refractivity contribution in [3.63, 3.8) is 0 Å². The van der Waals surface area contributed by atoms with Crippen molar-refractivity contribution < 1.29 is 14.3 Å². The Balaban J connectivity index is 1.87. The topological polar surface area (TPSA) is 97.4 Å². The Morgan fingerprint density at radius 1 is 1.04 bits per heavy atom. The first-order valence-electron chi connectivity index (χ1n) is 8.41. The van der Waals surface area contributed by atoms with E-state index in [1.165, 1.54) is 7.11 Å². The summed E-state index contributed by atoms with van der Waals surface area (Å²) in [4.78, 5) is 20.9. The van der Waals surface area contributed by atoms with E-state index in [4.69, 9.17) is 9.47 Å². The van der Waals surface area contributed by atoms with Crippen LogP contribution in [0.4, 0.5) is 11.8 Å². The van der Waals surface area contributed by atoms with Crippen LogP contribution in [0.2, 0.25) is 0 Å². The fraction of sp³-hybridized carbons (Fsp3) is 0.389. The summed E-state index contributed by atoms with van der Waals surface area (Å²) in [7, 11) is 3.09. The van der Waals surface area contributed by atoms with Crippen LogP contribution < -0.4 is 25.4 Å². The van der Waals surface area contributed by atoms with Gasteiger partial charge in [0.15, 0.2) is 11.5 Å². The Morgan fingerprint density at radius 3 is 2.50 bits per heavy atom. The molecule has 1 heterocycles. The summed E-state index contributed by atoms with van der Waals surface area (Å²) in [6, 6.07) is 6.92. The molecular weight excluding hydrogens is 334 g/mol. The number of nitrogens with one attached hydrogen (secondary N) is 3. The lowest BCUT2D eigenvalue weighted by Crippen LogP contribution is -2.29. The van der Waals surface area contributed by atoms with E-state index in [0.717, 1.165) is 18.1 Å². The summed E-state index contributed by atoms with van der Waals surface area (Å²) < 4.78 is 10.4. The standard InChI is InChI=1S/C18H25N5O3/c1-5-19-16-10-12(2)22-18(23-16)21-9-8-20-17(24)13-6-7-14(25-3)15(11-13)26-4/h6-7,10-11H,5,8-9H2,1-4H3,(H,20,24)(H2,19,21,22,23). The van der Waals surface area contributed by atoms with Crippen molar-refractivity contribution in [2.75, 3.05) is 44.5 Å². The molecule has 8 heteroatoms. The second-order valence-electron chi connectivity index (χ2n) is 5.50. The van der Waals surface area contributed by atoms with Crippen LogP contribution in [0.15, 0.2) is 24.3 Å². The quantitative estimate of drug-likeness (QED) is 0.590. The highest BCUT2D eigenvalue weighted by Crippen LogP contribution is 2.27. The van der Waals surface area contributed by atoms with E-state index in [1.807, 2.05) is 19.9 Å². The molecule has 0 radical (unpaired) electrons. The number of hydrogen-bond acceptors (Lipinski definition) is 7. The molecule has 26 heavy (non-hydrogen) atoms. The number of ether oxygens (including phenoxy) is 2. The van der Waals surface area contributed by atoms with Gasteiger partial charge in [-0.05, 0) is 32.0 Å². The van der Waals surface area contributed by atoms with Gasteiger partial charge in [-0.3, -0.25) is 4.79 Å². The van der Waals surface area contributed by atoms with Gasteiger partial charge >= 0.3 is 0 Å². The molecule has 0 aliphatic carbocycles. The molecule has 1 amide bonds. The van der Waals surface area contributed by atoms with E-state index in [2.05, 4.69) is 25.9 Å². The van der Waals surface area contributed by atoms with Crippen LogP contribution in [0.3, 0.4) is 0 Å². The number of anilines is 2. The Hall–Kier alpha value is -3.03. The highest BCUT2D eigenvalue weighted by Gasteiger charge is 2.10. The molecule has 0 saturated heterocycles. The molecule has 2 rings (SSSR count).